The van der Waals surface area contributed by atoms with E-state index in [1.807, 2.05) is 24.3 Å². The third kappa shape index (κ3) is 1.83. The highest BCUT2D eigenvalue weighted by Crippen LogP contribution is 2.61. The van der Waals surface area contributed by atoms with Crippen molar-refractivity contribution in [2.24, 2.45) is 11.8 Å². The SMILES string of the molecule is O=C1OC(=O)[C@H]2C3c4cc5ccccc5cc4C(c4cc5ccccc5cc43)[C@@H]12. The fourth-order valence-corrected chi connectivity index (χ4v) is 5.95. The second kappa shape index (κ2) is 5.12. The topological polar surface area (TPSA) is 43.4 Å². The lowest BCUT2D eigenvalue weighted by molar-refractivity contribution is -0.153. The molecule has 3 aliphatic carbocycles. The molecule has 2 atom stereocenters. The molecule has 1 fully saturated rings. The first-order chi connectivity index (χ1) is 14.2. The van der Waals surface area contributed by atoms with Crippen LogP contribution in [0.2, 0.25) is 0 Å². The predicted octanol–water partition coefficient (Wildman–Crippen LogP) is 4.90. The summed E-state index contributed by atoms with van der Waals surface area (Å²) in [5.74, 6) is -1.85. The highest BCUT2D eigenvalue weighted by atomic mass is 16.6. The average molecular weight is 376 g/mol. The van der Waals surface area contributed by atoms with Crippen LogP contribution in [0.3, 0.4) is 0 Å². The number of hydrogen-bond acceptors (Lipinski definition) is 3. The largest absolute Gasteiger partial charge is 0.393 e. The lowest BCUT2D eigenvalue weighted by Crippen LogP contribution is -2.41. The standard InChI is InChI=1S/C26H16O3/c27-25-23-21-17-9-13-5-1-2-6-14(13)10-18(17)22(24(23)26(28)29-25)20-12-16-8-4-3-7-15(16)11-19(20)21/h1-12,21-24H/t21?,22?,23-,24+. The van der Waals surface area contributed by atoms with Crippen LogP contribution in [0.5, 0.6) is 0 Å². The summed E-state index contributed by atoms with van der Waals surface area (Å²) in [6.45, 7) is 0. The first-order valence-corrected chi connectivity index (χ1v) is 10.0. The molecule has 0 N–H and O–H groups in total. The molecular weight excluding hydrogens is 360 g/mol. The Labute approximate surface area is 166 Å². The van der Waals surface area contributed by atoms with Crippen LogP contribution in [-0.2, 0) is 14.3 Å². The maximum absolute atomic E-state index is 12.7. The van der Waals surface area contributed by atoms with Crippen LogP contribution in [0.25, 0.3) is 21.5 Å². The van der Waals surface area contributed by atoms with Crippen LogP contribution in [0, 0.1) is 11.8 Å². The second-order valence-electron chi connectivity index (χ2n) is 8.40. The van der Waals surface area contributed by atoms with Gasteiger partial charge in [-0.1, -0.05) is 72.8 Å². The van der Waals surface area contributed by atoms with Gasteiger partial charge >= 0.3 is 11.9 Å². The molecule has 4 aliphatic rings. The molecule has 3 nitrogen and oxygen atoms in total. The first-order valence-electron chi connectivity index (χ1n) is 10.0. The lowest BCUT2D eigenvalue weighted by atomic mass is 9.54. The zero-order valence-electron chi connectivity index (χ0n) is 15.5. The number of ether oxygens (including phenoxy) is 1. The molecule has 3 heteroatoms. The van der Waals surface area contributed by atoms with Gasteiger partial charge in [0.05, 0.1) is 11.8 Å². The molecule has 29 heavy (non-hydrogen) atoms. The van der Waals surface area contributed by atoms with Crippen LogP contribution >= 0.6 is 0 Å². The van der Waals surface area contributed by atoms with E-state index in [-0.39, 0.29) is 23.8 Å². The molecular formula is C26H16O3. The van der Waals surface area contributed by atoms with E-state index in [9.17, 15) is 9.59 Å². The van der Waals surface area contributed by atoms with E-state index >= 15 is 0 Å². The van der Waals surface area contributed by atoms with Gasteiger partial charge in [0.1, 0.15) is 0 Å². The summed E-state index contributed by atoms with van der Waals surface area (Å²) >= 11 is 0. The fraction of sp³-hybridized carbons (Fsp3) is 0.154. The highest BCUT2D eigenvalue weighted by molar-refractivity contribution is 6.01. The zero-order valence-corrected chi connectivity index (χ0v) is 15.5. The number of rotatable bonds is 0. The predicted molar refractivity (Wildman–Crippen MR) is 110 cm³/mol. The van der Waals surface area contributed by atoms with Gasteiger partial charge in [0.15, 0.2) is 0 Å². The van der Waals surface area contributed by atoms with E-state index < -0.39 is 11.8 Å². The molecule has 138 valence electrons. The molecule has 0 amide bonds. The number of benzene rings is 4. The number of carbonyl (C=O) groups is 2. The zero-order chi connectivity index (χ0) is 19.3. The molecule has 1 heterocycles. The lowest BCUT2D eigenvalue weighted by Gasteiger charge is -2.45. The third-order valence-corrected chi connectivity index (χ3v) is 7.09. The van der Waals surface area contributed by atoms with E-state index in [2.05, 4.69) is 48.5 Å². The quantitative estimate of drug-likeness (QED) is 0.324. The van der Waals surface area contributed by atoms with Crippen molar-refractivity contribution in [3.05, 3.63) is 95.1 Å². The van der Waals surface area contributed by atoms with E-state index in [1.165, 1.54) is 22.3 Å². The molecule has 1 aliphatic heterocycles. The molecule has 0 spiro atoms. The summed E-state index contributed by atoms with van der Waals surface area (Å²) in [7, 11) is 0. The molecule has 0 unspecified atom stereocenters. The second-order valence-corrected chi connectivity index (χ2v) is 8.40. The fourth-order valence-electron chi connectivity index (χ4n) is 5.95. The molecule has 2 bridgehead atoms. The molecule has 8 rings (SSSR count). The van der Waals surface area contributed by atoms with Gasteiger partial charge in [0, 0.05) is 11.8 Å². The summed E-state index contributed by atoms with van der Waals surface area (Å²) in [6.07, 6.45) is 0. The Hall–Kier alpha value is -3.46. The van der Waals surface area contributed by atoms with Crippen molar-refractivity contribution in [1.29, 1.82) is 0 Å². The Balaban J connectivity index is 1.61. The van der Waals surface area contributed by atoms with Crippen LogP contribution in [0.15, 0.2) is 72.8 Å². The van der Waals surface area contributed by atoms with Crippen LogP contribution in [0.1, 0.15) is 34.1 Å². The van der Waals surface area contributed by atoms with Crippen molar-refractivity contribution >= 4 is 33.5 Å². The molecule has 0 aromatic heterocycles. The third-order valence-electron chi connectivity index (χ3n) is 7.09. The van der Waals surface area contributed by atoms with Crippen molar-refractivity contribution < 1.29 is 14.3 Å². The van der Waals surface area contributed by atoms with Crippen LogP contribution in [-0.4, -0.2) is 11.9 Å². The van der Waals surface area contributed by atoms with E-state index in [4.69, 9.17) is 4.74 Å². The minimum atomic E-state index is -0.421. The van der Waals surface area contributed by atoms with Crippen molar-refractivity contribution in [2.45, 2.75) is 11.8 Å². The van der Waals surface area contributed by atoms with Gasteiger partial charge in [-0.25, -0.2) is 0 Å². The van der Waals surface area contributed by atoms with Gasteiger partial charge in [0.2, 0.25) is 0 Å². The summed E-state index contributed by atoms with van der Waals surface area (Å²) in [5, 5.41) is 4.65. The molecule has 0 saturated carbocycles. The van der Waals surface area contributed by atoms with Crippen LogP contribution in [0.4, 0.5) is 0 Å². The number of carbonyl (C=O) groups excluding carboxylic acids is 2. The Morgan fingerprint density at radius 1 is 0.517 bits per heavy atom. The highest BCUT2D eigenvalue weighted by Gasteiger charge is 2.60. The van der Waals surface area contributed by atoms with Gasteiger partial charge < -0.3 is 4.74 Å². The maximum atomic E-state index is 12.7. The Morgan fingerprint density at radius 2 is 0.828 bits per heavy atom. The van der Waals surface area contributed by atoms with Crippen LogP contribution < -0.4 is 0 Å². The van der Waals surface area contributed by atoms with E-state index in [0.29, 0.717) is 0 Å². The summed E-state index contributed by atoms with van der Waals surface area (Å²) in [4.78, 5) is 25.4. The molecule has 0 radical (unpaired) electrons. The average Bonchev–Trinajstić information content (AvgIpc) is 3.05. The molecule has 4 aromatic rings. The van der Waals surface area contributed by atoms with Crippen molar-refractivity contribution in [3.8, 4) is 0 Å². The molecule has 1 saturated heterocycles. The maximum Gasteiger partial charge on any atom is 0.318 e. The van der Waals surface area contributed by atoms with Crippen molar-refractivity contribution in [3.63, 3.8) is 0 Å². The summed E-state index contributed by atoms with van der Waals surface area (Å²) in [5.41, 5.74) is 4.68. The number of hydrogen-bond donors (Lipinski definition) is 0. The normalized spacial score (nSPS) is 26.3. The van der Waals surface area contributed by atoms with E-state index in [0.717, 1.165) is 21.5 Å². The van der Waals surface area contributed by atoms with Gasteiger partial charge in [-0.05, 0) is 43.8 Å². The van der Waals surface area contributed by atoms with Gasteiger partial charge in [-0.15, -0.1) is 0 Å². The van der Waals surface area contributed by atoms with Gasteiger partial charge in [-0.3, -0.25) is 9.59 Å². The van der Waals surface area contributed by atoms with Crippen molar-refractivity contribution in [1.82, 2.24) is 0 Å². The number of esters is 2. The minimum absolute atomic E-state index is 0.136. The Kier molecular flexibility index (Phi) is 2.73. The smallest absolute Gasteiger partial charge is 0.318 e. The Bertz CT molecular complexity index is 1210. The summed E-state index contributed by atoms with van der Waals surface area (Å²) in [6, 6.07) is 25.4. The van der Waals surface area contributed by atoms with E-state index in [1.54, 1.807) is 0 Å². The molecule has 4 aromatic carbocycles. The number of fused-ring (bicyclic) bond motifs is 2. The number of cyclic esters (lactones) is 2. The van der Waals surface area contributed by atoms with Crippen molar-refractivity contribution in [2.75, 3.05) is 0 Å². The minimum Gasteiger partial charge on any atom is -0.393 e. The monoisotopic (exact) mass is 376 g/mol. The Morgan fingerprint density at radius 3 is 1.14 bits per heavy atom. The summed E-state index contributed by atoms with van der Waals surface area (Å²) < 4.78 is 5.17. The van der Waals surface area contributed by atoms with Gasteiger partial charge in [0.25, 0.3) is 0 Å². The van der Waals surface area contributed by atoms with Gasteiger partial charge in [-0.2, -0.15) is 0 Å². The first kappa shape index (κ1) is 15.5.